The van der Waals surface area contributed by atoms with Crippen LogP contribution in [0, 0.1) is 0 Å². The number of rotatable bonds is 11. The molecule has 40 heavy (non-hydrogen) atoms. The molecule has 1 aromatic carbocycles. The van der Waals surface area contributed by atoms with Crippen LogP contribution in [0.15, 0.2) is 78.9 Å². The molecule has 0 aliphatic heterocycles. The van der Waals surface area contributed by atoms with Crippen molar-refractivity contribution in [2.75, 3.05) is 0 Å². The Balaban J connectivity index is 1.20. The van der Waals surface area contributed by atoms with Gasteiger partial charge in [-0.15, -0.1) is 56.7 Å². The van der Waals surface area contributed by atoms with Gasteiger partial charge in [-0.25, -0.2) is 0 Å². The molecule has 0 saturated heterocycles. The Bertz CT molecular complexity index is 1690. The molecular formula is C34H31ClS5. The SMILES string of the molecule is CCCCCCc1ccc(-c2ccc(-c3ccc(-c4ccc(-c5sc(Cl)c(-c6ccccc6)c5CC)s4)s3)s2)s1. The van der Waals surface area contributed by atoms with Crippen LogP contribution in [0.1, 0.15) is 50.0 Å². The number of benzene rings is 1. The van der Waals surface area contributed by atoms with E-state index in [1.165, 1.54) is 92.7 Å². The Kier molecular flexibility index (Phi) is 9.07. The first kappa shape index (κ1) is 28.1. The number of unbranched alkanes of at least 4 members (excludes halogenated alkanes) is 3. The molecule has 0 N–H and O–H groups in total. The molecular weight excluding hydrogens is 604 g/mol. The third kappa shape index (κ3) is 5.97. The summed E-state index contributed by atoms with van der Waals surface area (Å²) >= 11 is 16.2. The van der Waals surface area contributed by atoms with Crippen molar-refractivity contribution in [3.63, 3.8) is 0 Å². The molecule has 6 heteroatoms. The van der Waals surface area contributed by atoms with Gasteiger partial charge < -0.3 is 0 Å². The summed E-state index contributed by atoms with van der Waals surface area (Å²) < 4.78 is 0.884. The molecule has 0 fully saturated rings. The first-order valence-corrected chi connectivity index (χ1v) is 18.4. The van der Waals surface area contributed by atoms with Crippen LogP contribution < -0.4 is 0 Å². The summed E-state index contributed by atoms with van der Waals surface area (Å²) in [6.45, 7) is 4.51. The zero-order chi connectivity index (χ0) is 27.5. The van der Waals surface area contributed by atoms with Gasteiger partial charge in [0, 0.05) is 49.5 Å². The predicted molar refractivity (Wildman–Crippen MR) is 185 cm³/mol. The summed E-state index contributed by atoms with van der Waals surface area (Å²) in [5, 5.41) is 0. The summed E-state index contributed by atoms with van der Waals surface area (Å²) in [4.78, 5) is 12.3. The standard InChI is InChI=1S/C34H31ClS5/c1-3-5-6-10-13-23-14-15-25(36-23)26-16-17-27(37-26)28-18-19-29(38-28)30-20-21-31(39-30)33-24(4-2)32(34(35)40-33)22-11-8-7-9-12-22/h7-9,11-12,14-21H,3-6,10,13H2,1-2H3. The largest absolute Gasteiger partial charge is 0.139 e. The highest BCUT2D eigenvalue weighted by Crippen LogP contribution is 2.49. The van der Waals surface area contributed by atoms with Crippen molar-refractivity contribution in [1.29, 1.82) is 0 Å². The van der Waals surface area contributed by atoms with Crippen LogP contribution in [-0.4, -0.2) is 0 Å². The highest BCUT2D eigenvalue weighted by atomic mass is 35.5. The maximum atomic E-state index is 6.82. The van der Waals surface area contributed by atoms with Crippen molar-refractivity contribution in [3.8, 4) is 50.1 Å². The summed E-state index contributed by atoms with van der Waals surface area (Å²) in [6.07, 6.45) is 7.47. The zero-order valence-electron chi connectivity index (χ0n) is 22.7. The van der Waals surface area contributed by atoms with E-state index >= 15 is 0 Å². The molecule has 0 spiro atoms. The van der Waals surface area contributed by atoms with E-state index in [1.54, 1.807) is 11.3 Å². The van der Waals surface area contributed by atoms with Crippen molar-refractivity contribution < 1.29 is 0 Å². The Morgan fingerprint density at radius 2 is 1.10 bits per heavy atom. The second kappa shape index (κ2) is 12.9. The molecule has 0 unspecified atom stereocenters. The summed E-state index contributed by atoms with van der Waals surface area (Å²) in [6, 6.07) is 28.9. The van der Waals surface area contributed by atoms with Gasteiger partial charge in [0.15, 0.2) is 0 Å². The highest BCUT2D eigenvalue weighted by molar-refractivity contribution is 7.30. The molecule has 0 saturated carbocycles. The van der Waals surface area contributed by atoms with Gasteiger partial charge in [-0.3, -0.25) is 0 Å². The minimum Gasteiger partial charge on any atom is -0.139 e. The van der Waals surface area contributed by atoms with E-state index in [4.69, 9.17) is 11.6 Å². The summed E-state index contributed by atoms with van der Waals surface area (Å²) in [7, 11) is 0. The van der Waals surface area contributed by atoms with Crippen LogP contribution in [0.5, 0.6) is 0 Å². The van der Waals surface area contributed by atoms with Crippen LogP contribution in [0.2, 0.25) is 4.34 Å². The van der Waals surface area contributed by atoms with E-state index in [1.807, 2.05) is 45.3 Å². The molecule has 6 rings (SSSR count). The van der Waals surface area contributed by atoms with Gasteiger partial charge in [0.05, 0.1) is 0 Å². The van der Waals surface area contributed by atoms with Gasteiger partial charge in [0.1, 0.15) is 4.34 Å². The number of hydrogen-bond donors (Lipinski definition) is 0. The fraction of sp³-hybridized carbons (Fsp3) is 0.235. The van der Waals surface area contributed by atoms with E-state index in [-0.39, 0.29) is 0 Å². The van der Waals surface area contributed by atoms with Crippen LogP contribution >= 0.6 is 68.3 Å². The third-order valence-electron chi connectivity index (χ3n) is 7.09. The van der Waals surface area contributed by atoms with Crippen LogP contribution in [-0.2, 0) is 12.8 Å². The maximum Gasteiger partial charge on any atom is 0.102 e. The zero-order valence-corrected chi connectivity index (χ0v) is 27.5. The molecule has 5 aromatic heterocycles. The number of halogens is 1. The molecule has 0 bridgehead atoms. The van der Waals surface area contributed by atoms with E-state index < -0.39 is 0 Å². The predicted octanol–water partition coefficient (Wildman–Crippen LogP) is 13.7. The second-order valence-electron chi connectivity index (χ2n) is 9.85. The normalized spacial score (nSPS) is 11.5. The molecule has 0 nitrogen and oxygen atoms in total. The fourth-order valence-corrected chi connectivity index (χ4v) is 11.1. The number of aryl methyl sites for hydroxylation is 1. The third-order valence-corrected chi connectivity index (χ3v) is 13.7. The van der Waals surface area contributed by atoms with Crippen molar-refractivity contribution in [2.45, 2.75) is 52.4 Å². The second-order valence-corrected chi connectivity index (χ2v) is 15.9. The molecule has 0 atom stereocenters. The first-order chi connectivity index (χ1) is 19.6. The average molecular weight is 635 g/mol. The lowest BCUT2D eigenvalue weighted by atomic mass is 10.0. The van der Waals surface area contributed by atoms with Crippen LogP contribution in [0.3, 0.4) is 0 Å². The highest BCUT2D eigenvalue weighted by Gasteiger charge is 2.20. The Morgan fingerprint density at radius 1 is 0.550 bits per heavy atom. The molecule has 0 aliphatic carbocycles. The topological polar surface area (TPSA) is 0 Å². The van der Waals surface area contributed by atoms with Gasteiger partial charge in [-0.1, -0.05) is 75.0 Å². The van der Waals surface area contributed by atoms with Crippen molar-refractivity contribution >= 4 is 68.3 Å². The van der Waals surface area contributed by atoms with E-state index in [2.05, 4.69) is 92.7 Å². The Hall–Kier alpha value is -1.99. The smallest absolute Gasteiger partial charge is 0.102 e. The lowest BCUT2D eigenvalue weighted by Crippen LogP contribution is -1.85. The van der Waals surface area contributed by atoms with Crippen LogP contribution in [0.4, 0.5) is 0 Å². The quantitative estimate of drug-likeness (QED) is 0.124. The van der Waals surface area contributed by atoms with E-state index in [9.17, 15) is 0 Å². The molecule has 5 heterocycles. The van der Waals surface area contributed by atoms with Crippen molar-refractivity contribution in [3.05, 3.63) is 93.6 Å². The molecule has 0 amide bonds. The lowest BCUT2D eigenvalue weighted by molar-refractivity contribution is 0.670. The van der Waals surface area contributed by atoms with Gasteiger partial charge >= 0.3 is 0 Å². The van der Waals surface area contributed by atoms with Crippen LogP contribution in [0.25, 0.3) is 50.1 Å². The van der Waals surface area contributed by atoms with Crippen molar-refractivity contribution in [2.24, 2.45) is 0 Å². The first-order valence-electron chi connectivity index (χ1n) is 13.9. The van der Waals surface area contributed by atoms with Gasteiger partial charge in [0.25, 0.3) is 0 Å². The van der Waals surface area contributed by atoms with E-state index in [0.29, 0.717) is 0 Å². The summed E-state index contributed by atoms with van der Waals surface area (Å²) in [5.74, 6) is 0. The summed E-state index contributed by atoms with van der Waals surface area (Å²) in [5.41, 5.74) is 3.75. The van der Waals surface area contributed by atoms with Gasteiger partial charge in [0.2, 0.25) is 0 Å². The van der Waals surface area contributed by atoms with E-state index in [0.717, 1.165) is 10.8 Å². The molecule has 0 radical (unpaired) electrons. The monoisotopic (exact) mass is 634 g/mol. The molecule has 6 aromatic rings. The Morgan fingerprint density at radius 3 is 1.70 bits per heavy atom. The fourth-order valence-electron chi connectivity index (χ4n) is 5.03. The molecule has 204 valence electrons. The number of hydrogen-bond acceptors (Lipinski definition) is 5. The van der Waals surface area contributed by atoms with Gasteiger partial charge in [-0.05, 0) is 78.9 Å². The van der Waals surface area contributed by atoms with Crippen molar-refractivity contribution in [1.82, 2.24) is 0 Å². The lowest BCUT2D eigenvalue weighted by Gasteiger charge is -2.05. The minimum absolute atomic E-state index is 0.884. The Labute approximate surface area is 262 Å². The average Bonchev–Trinajstić information content (AvgIpc) is 3.80. The minimum atomic E-state index is 0.884. The molecule has 0 aliphatic rings. The van der Waals surface area contributed by atoms with Gasteiger partial charge in [-0.2, -0.15) is 0 Å². The number of thiophene rings is 5. The maximum absolute atomic E-state index is 6.82.